The van der Waals surface area contributed by atoms with Crippen LogP contribution in [0.3, 0.4) is 0 Å². The topological polar surface area (TPSA) is 67.9 Å². The highest BCUT2D eigenvalue weighted by Gasteiger charge is 2.17. The van der Waals surface area contributed by atoms with Crippen molar-refractivity contribution < 1.29 is 19.1 Å². The smallest absolute Gasteiger partial charge is 0.244 e. The van der Waals surface area contributed by atoms with Crippen LogP contribution in [0.5, 0.6) is 11.5 Å². The number of carbonyl (C=O) groups excluding carboxylic acids is 2. The van der Waals surface area contributed by atoms with Crippen molar-refractivity contribution >= 4 is 23.2 Å². The minimum Gasteiger partial charge on any atom is -0.497 e. The van der Waals surface area contributed by atoms with Gasteiger partial charge in [-0.15, -0.1) is 0 Å². The van der Waals surface area contributed by atoms with Gasteiger partial charge in [0.2, 0.25) is 11.8 Å². The van der Waals surface area contributed by atoms with Gasteiger partial charge in [-0.25, -0.2) is 0 Å². The van der Waals surface area contributed by atoms with Crippen LogP contribution in [0.25, 0.3) is 0 Å². The van der Waals surface area contributed by atoms with Gasteiger partial charge in [0.15, 0.2) is 0 Å². The summed E-state index contributed by atoms with van der Waals surface area (Å²) in [6.45, 7) is 5.55. The van der Waals surface area contributed by atoms with Crippen LogP contribution in [0, 0.1) is 0 Å². The molecule has 0 saturated heterocycles. The summed E-state index contributed by atoms with van der Waals surface area (Å²) in [5, 5.41) is 2.78. The second kappa shape index (κ2) is 9.07. The fourth-order valence-corrected chi connectivity index (χ4v) is 2.67. The highest BCUT2D eigenvalue weighted by atomic mass is 16.5. The number of nitrogens with one attached hydrogen (secondary N) is 1. The number of hydrogen-bond acceptors (Lipinski definition) is 4. The molecule has 0 radical (unpaired) electrons. The summed E-state index contributed by atoms with van der Waals surface area (Å²) in [4.78, 5) is 26.1. The first-order chi connectivity index (χ1) is 12.8. The Morgan fingerprint density at radius 1 is 1.04 bits per heavy atom. The Kier molecular flexibility index (Phi) is 6.82. The first-order valence-electron chi connectivity index (χ1n) is 8.75. The number of anilines is 2. The Bertz CT molecular complexity index is 800. The van der Waals surface area contributed by atoms with Gasteiger partial charge in [0.05, 0.1) is 19.9 Å². The zero-order valence-corrected chi connectivity index (χ0v) is 16.4. The van der Waals surface area contributed by atoms with Gasteiger partial charge >= 0.3 is 0 Å². The van der Waals surface area contributed by atoms with Crippen molar-refractivity contribution in [3.8, 4) is 11.5 Å². The van der Waals surface area contributed by atoms with E-state index in [0.29, 0.717) is 28.8 Å². The lowest BCUT2D eigenvalue weighted by atomic mass is 10.0. The largest absolute Gasteiger partial charge is 0.497 e. The third-order valence-corrected chi connectivity index (χ3v) is 4.23. The lowest BCUT2D eigenvalue weighted by Crippen LogP contribution is -2.36. The lowest BCUT2D eigenvalue weighted by Gasteiger charge is -2.22. The number of carbonyl (C=O) groups is 2. The van der Waals surface area contributed by atoms with Crippen LogP contribution in [0.15, 0.2) is 42.5 Å². The summed E-state index contributed by atoms with van der Waals surface area (Å²) in [5.74, 6) is 0.969. The monoisotopic (exact) mass is 370 g/mol. The number of nitrogens with zero attached hydrogens (tertiary/aromatic N) is 1. The maximum atomic E-state index is 12.5. The summed E-state index contributed by atoms with van der Waals surface area (Å²) in [6, 6.07) is 12.8. The molecule has 0 heterocycles. The average Bonchev–Trinajstić information content (AvgIpc) is 2.65. The van der Waals surface area contributed by atoms with E-state index in [0.717, 1.165) is 0 Å². The van der Waals surface area contributed by atoms with Gasteiger partial charge < -0.3 is 19.7 Å². The molecule has 0 saturated carbocycles. The number of methoxy groups -OCH3 is 2. The molecule has 1 N–H and O–H groups in total. The van der Waals surface area contributed by atoms with E-state index in [2.05, 4.69) is 19.2 Å². The molecule has 2 rings (SSSR count). The highest BCUT2D eigenvalue weighted by Crippen LogP contribution is 2.29. The zero-order chi connectivity index (χ0) is 20.0. The molecule has 0 aliphatic carbocycles. The van der Waals surface area contributed by atoms with E-state index < -0.39 is 0 Å². The molecular weight excluding hydrogens is 344 g/mol. The van der Waals surface area contributed by atoms with Crippen LogP contribution < -0.4 is 19.7 Å². The van der Waals surface area contributed by atoms with E-state index in [9.17, 15) is 9.59 Å². The molecule has 0 aliphatic rings. The molecule has 2 aromatic carbocycles. The summed E-state index contributed by atoms with van der Waals surface area (Å²) in [5.41, 5.74) is 2.34. The third kappa shape index (κ3) is 5.23. The molecule has 2 aromatic rings. The molecule has 0 spiro atoms. The van der Waals surface area contributed by atoms with Crippen molar-refractivity contribution in [2.75, 3.05) is 31.0 Å². The van der Waals surface area contributed by atoms with Crippen molar-refractivity contribution in [2.45, 2.75) is 26.7 Å². The fraction of sp³-hybridized carbons (Fsp3) is 0.333. The number of ether oxygens (including phenoxy) is 2. The lowest BCUT2D eigenvalue weighted by molar-refractivity contribution is -0.120. The third-order valence-electron chi connectivity index (χ3n) is 4.23. The van der Waals surface area contributed by atoms with E-state index in [1.54, 1.807) is 25.3 Å². The van der Waals surface area contributed by atoms with Gasteiger partial charge in [-0.1, -0.05) is 26.0 Å². The van der Waals surface area contributed by atoms with Crippen molar-refractivity contribution in [3.05, 3.63) is 48.0 Å². The second-order valence-corrected chi connectivity index (χ2v) is 6.47. The van der Waals surface area contributed by atoms with Gasteiger partial charge in [-0.2, -0.15) is 0 Å². The molecule has 6 heteroatoms. The molecule has 0 unspecified atom stereocenters. The van der Waals surface area contributed by atoms with Gasteiger partial charge in [-0.3, -0.25) is 9.59 Å². The Morgan fingerprint density at radius 3 is 2.22 bits per heavy atom. The maximum Gasteiger partial charge on any atom is 0.244 e. The molecule has 0 aromatic heterocycles. The second-order valence-electron chi connectivity index (χ2n) is 6.47. The number of rotatable bonds is 7. The van der Waals surface area contributed by atoms with Crippen LogP contribution in [0.1, 0.15) is 32.3 Å². The fourth-order valence-electron chi connectivity index (χ4n) is 2.67. The normalized spacial score (nSPS) is 10.4. The minimum absolute atomic E-state index is 0.100. The van der Waals surface area contributed by atoms with E-state index >= 15 is 0 Å². The van der Waals surface area contributed by atoms with Gasteiger partial charge in [0.1, 0.15) is 18.0 Å². The van der Waals surface area contributed by atoms with E-state index in [1.807, 2.05) is 24.3 Å². The van der Waals surface area contributed by atoms with Crippen LogP contribution >= 0.6 is 0 Å². The van der Waals surface area contributed by atoms with Crippen LogP contribution in [0.2, 0.25) is 0 Å². The predicted octanol–water partition coefficient (Wildman–Crippen LogP) is 3.82. The Labute approximate surface area is 160 Å². The summed E-state index contributed by atoms with van der Waals surface area (Å²) >= 11 is 0. The Morgan fingerprint density at radius 2 is 1.70 bits per heavy atom. The van der Waals surface area contributed by atoms with Crippen LogP contribution in [0.4, 0.5) is 11.4 Å². The van der Waals surface area contributed by atoms with Crippen molar-refractivity contribution in [1.29, 1.82) is 0 Å². The molecule has 0 aliphatic heterocycles. The van der Waals surface area contributed by atoms with E-state index in [1.165, 1.54) is 24.5 Å². The maximum absolute atomic E-state index is 12.5. The number of amides is 2. The SMILES string of the molecule is COc1ccc(OC)c(NC(=O)CN(C(C)=O)c2ccc(C(C)C)cc2)c1. The van der Waals surface area contributed by atoms with Gasteiger partial charge in [-0.05, 0) is 35.7 Å². The first kappa shape index (κ1) is 20.3. The molecule has 144 valence electrons. The van der Waals surface area contributed by atoms with Crippen molar-refractivity contribution in [3.63, 3.8) is 0 Å². The molecule has 0 atom stereocenters. The molecule has 0 fully saturated rings. The molecular formula is C21H26N2O4. The van der Waals surface area contributed by atoms with Crippen LogP contribution in [-0.4, -0.2) is 32.6 Å². The molecule has 27 heavy (non-hydrogen) atoms. The number of hydrogen-bond donors (Lipinski definition) is 1. The first-order valence-corrected chi connectivity index (χ1v) is 8.75. The average molecular weight is 370 g/mol. The summed E-state index contributed by atoms with van der Waals surface area (Å²) in [6.07, 6.45) is 0. The molecule has 2 amide bonds. The quantitative estimate of drug-likeness (QED) is 0.804. The number of benzene rings is 2. The van der Waals surface area contributed by atoms with Crippen LogP contribution in [-0.2, 0) is 9.59 Å². The molecule has 6 nitrogen and oxygen atoms in total. The molecule has 0 bridgehead atoms. The van der Waals surface area contributed by atoms with Gasteiger partial charge in [0, 0.05) is 18.7 Å². The van der Waals surface area contributed by atoms with E-state index in [-0.39, 0.29) is 18.4 Å². The summed E-state index contributed by atoms with van der Waals surface area (Å²) < 4.78 is 10.5. The van der Waals surface area contributed by atoms with Gasteiger partial charge in [0.25, 0.3) is 0 Å². The summed E-state index contributed by atoms with van der Waals surface area (Å²) in [7, 11) is 3.07. The van der Waals surface area contributed by atoms with Crippen molar-refractivity contribution in [2.24, 2.45) is 0 Å². The van der Waals surface area contributed by atoms with E-state index in [4.69, 9.17) is 9.47 Å². The zero-order valence-electron chi connectivity index (χ0n) is 16.4. The predicted molar refractivity (Wildman–Crippen MR) is 107 cm³/mol. The standard InChI is InChI=1S/C21H26N2O4/c1-14(2)16-6-8-17(9-7-16)23(15(3)24)13-21(25)22-19-12-18(26-4)10-11-20(19)27-5/h6-12,14H,13H2,1-5H3,(H,22,25). The Balaban J connectivity index is 2.17. The minimum atomic E-state index is -0.329. The Hall–Kier alpha value is -3.02. The highest BCUT2D eigenvalue weighted by molar-refractivity contribution is 6.02. The van der Waals surface area contributed by atoms with Crippen molar-refractivity contribution in [1.82, 2.24) is 0 Å².